The first-order chi connectivity index (χ1) is 11.5. The maximum Gasteiger partial charge on any atom is 0.269 e. The Kier molecular flexibility index (Phi) is 4.64. The summed E-state index contributed by atoms with van der Waals surface area (Å²) in [5.74, 6) is 0.835. The molecule has 6 nitrogen and oxygen atoms in total. The fourth-order valence-corrected chi connectivity index (χ4v) is 3.94. The van der Waals surface area contributed by atoms with E-state index in [1.54, 1.807) is 35.2 Å². The highest BCUT2D eigenvalue weighted by atomic mass is 35.5. The lowest BCUT2D eigenvalue weighted by molar-refractivity contribution is -0.384. The van der Waals surface area contributed by atoms with E-state index in [9.17, 15) is 14.9 Å². The molecule has 0 radical (unpaired) electrons. The van der Waals surface area contributed by atoms with E-state index in [1.165, 1.54) is 31.0 Å². The number of hydrogen-bond acceptors (Lipinski definition) is 5. The van der Waals surface area contributed by atoms with E-state index in [2.05, 4.69) is 0 Å². The van der Waals surface area contributed by atoms with Crippen LogP contribution in [0, 0.1) is 10.1 Å². The Bertz CT molecular complexity index is 797. The summed E-state index contributed by atoms with van der Waals surface area (Å²) in [4.78, 5) is 24.3. The lowest BCUT2D eigenvalue weighted by Crippen LogP contribution is -2.27. The molecule has 1 aliphatic rings. The minimum absolute atomic E-state index is 0.0205. The summed E-state index contributed by atoms with van der Waals surface area (Å²) in [6, 6.07) is 11.4. The number of anilines is 1. The van der Waals surface area contributed by atoms with E-state index in [0.717, 1.165) is 5.56 Å². The number of amides is 1. The first-order valence-electron chi connectivity index (χ1n) is 7.03. The predicted molar refractivity (Wildman–Crippen MR) is 93.8 cm³/mol. The van der Waals surface area contributed by atoms with Gasteiger partial charge < -0.3 is 4.74 Å². The van der Waals surface area contributed by atoms with Crippen LogP contribution in [-0.2, 0) is 4.79 Å². The van der Waals surface area contributed by atoms with Gasteiger partial charge in [-0.2, -0.15) is 0 Å². The monoisotopic (exact) mass is 364 g/mol. The van der Waals surface area contributed by atoms with Crippen molar-refractivity contribution in [2.24, 2.45) is 0 Å². The molecule has 24 heavy (non-hydrogen) atoms. The van der Waals surface area contributed by atoms with Gasteiger partial charge in [0.1, 0.15) is 11.1 Å². The number of halogens is 1. The normalized spacial score (nSPS) is 17.2. The number of carbonyl (C=O) groups excluding carboxylic acids is 1. The summed E-state index contributed by atoms with van der Waals surface area (Å²) in [6.07, 6.45) is 0. The first-order valence-corrected chi connectivity index (χ1v) is 8.45. The summed E-state index contributed by atoms with van der Waals surface area (Å²) < 4.78 is 5.13. The Morgan fingerprint density at radius 3 is 2.58 bits per heavy atom. The van der Waals surface area contributed by atoms with Gasteiger partial charge in [-0.1, -0.05) is 11.6 Å². The van der Waals surface area contributed by atoms with Crippen LogP contribution < -0.4 is 9.64 Å². The fraction of sp³-hybridized carbons (Fsp3) is 0.188. The lowest BCUT2D eigenvalue weighted by Gasteiger charge is -2.24. The second-order valence-corrected chi connectivity index (χ2v) is 6.57. The zero-order chi connectivity index (χ0) is 17.3. The van der Waals surface area contributed by atoms with Gasteiger partial charge in [0.2, 0.25) is 5.91 Å². The maximum absolute atomic E-state index is 12.3. The smallest absolute Gasteiger partial charge is 0.269 e. The Balaban J connectivity index is 1.94. The molecule has 1 atom stereocenters. The molecule has 1 saturated heterocycles. The molecule has 1 fully saturated rings. The third-order valence-electron chi connectivity index (χ3n) is 3.67. The zero-order valence-electron chi connectivity index (χ0n) is 12.6. The molecule has 0 N–H and O–H groups in total. The van der Waals surface area contributed by atoms with E-state index in [1.807, 2.05) is 0 Å². The molecule has 1 unspecified atom stereocenters. The van der Waals surface area contributed by atoms with E-state index in [0.29, 0.717) is 22.2 Å². The minimum Gasteiger partial charge on any atom is -0.495 e. The summed E-state index contributed by atoms with van der Waals surface area (Å²) in [5, 5.41) is 10.9. The van der Waals surface area contributed by atoms with E-state index < -0.39 is 4.92 Å². The SMILES string of the molecule is COc1ccc(N2C(=O)CSC2c2ccc([N+](=O)[O-])cc2)cc1Cl. The third kappa shape index (κ3) is 3.05. The quantitative estimate of drug-likeness (QED) is 0.604. The molecule has 124 valence electrons. The Morgan fingerprint density at radius 2 is 2.00 bits per heavy atom. The van der Waals surface area contributed by atoms with Crippen molar-refractivity contribution in [3.05, 3.63) is 63.2 Å². The van der Waals surface area contributed by atoms with Gasteiger partial charge in [0.15, 0.2) is 0 Å². The second-order valence-electron chi connectivity index (χ2n) is 5.09. The molecule has 2 aromatic rings. The lowest BCUT2D eigenvalue weighted by atomic mass is 10.1. The maximum atomic E-state index is 12.3. The molecule has 1 aliphatic heterocycles. The highest BCUT2D eigenvalue weighted by Crippen LogP contribution is 2.43. The van der Waals surface area contributed by atoms with E-state index in [4.69, 9.17) is 16.3 Å². The number of non-ortho nitro benzene ring substituents is 1. The Morgan fingerprint density at radius 1 is 1.29 bits per heavy atom. The molecule has 8 heteroatoms. The van der Waals surface area contributed by atoms with Crippen LogP contribution in [0.2, 0.25) is 5.02 Å². The molecular formula is C16H13ClN2O4S. The average Bonchev–Trinajstić information content (AvgIpc) is 2.96. The van der Waals surface area contributed by atoms with Crippen LogP contribution in [0.1, 0.15) is 10.9 Å². The number of nitro groups is 1. The van der Waals surface area contributed by atoms with Gasteiger partial charge in [-0.3, -0.25) is 19.8 Å². The number of rotatable bonds is 4. The van der Waals surface area contributed by atoms with Crippen LogP contribution >= 0.6 is 23.4 Å². The molecule has 3 rings (SSSR count). The molecule has 0 saturated carbocycles. The number of benzene rings is 2. The van der Waals surface area contributed by atoms with Crippen LogP contribution in [0.25, 0.3) is 0 Å². The number of hydrogen-bond donors (Lipinski definition) is 0. The van der Waals surface area contributed by atoms with Gasteiger partial charge in [0.25, 0.3) is 5.69 Å². The van der Waals surface area contributed by atoms with Crippen molar-refractivity contribution in [2.45, 2.75) is 5.37 Å². The molecule has 0 spiro atoms. The van der Waals surface area contributed by atoms with Gasteiger partial charge >= 0.3 is 0 Å². The van der Waals surface area contributed by atoms with E-state index >= 15 is 0 Å². The first kappa shape index (κ1) is 16.6. The molecule has 0 bridgehead atoms. The molecular weight excluding hydrogens is 352 g/mol. The average molecular weight is 365 g/mol. The molecule has 0 aromatic heterocycles. The van der Waals surface area contributed by atoms with Crippen LogP contribution in [0.15, 0.2) is 42.5 Å². The molecule has 2 aromatic carbocycles. The Hall–Kier alpha value is -2.25. The molecule has 1 amide bonds. The van der Waals surface area contributed by atoms with Crippen molar-refractivity contribution in [1.82, 2.24) is 0 Å². The number of nitrogens with zero attached hydrogens (tertiary/aromatic N) is 2. The van der Waals surface area contributed by atoms with Crippen molar-refractivity contribution in [2.75, 3.05) is 17.8 Å². The van der Waals surface area contributed by atoms with Crippen molar-refractivity contribution in [3.8, 4) is 5.75 Å². The molecule has 1 heterocycles. The highest BCUT2D eigenvalue weighted by molar-refractivity contribution is 8.00. The number of ether oxygens (including phenoxy) is 1. The van der Waals surface area contributed by atoms with Gasteiger partial charge in [0, 0.05) is 17.8 Å². The van der Waals surface area contributed by atoms with Crippen molar-refractivity contribution < 1.29 is 14.5 Å². The molecule has 0 aliphatic carbocycles. The number of methoxy groups -OCH3 is 1. The third-order valence-corrected chi connectivity index (χ3v) is 5.18. The van der Waals surface area contributed by atoms with Crippen LogP contribution in [0.4, 0.5) is 11.4 Å². The van der Waals surface area contributed by atoms with Gasteiger partial charge in [-0.15, -0.1) is 11.8 Å². The number of carbonyl (C=O) groups is 1. The summed E-state index contributed by atoms with van der Waals surface area (Å²) in [7, 11) is 1.53. The van der Waals surface area contributed by atoms with Crippen LogP contribution in [0.3, 0.4) is 0 Å². The van der Waals surface area contributed by atoms with Crippen LogP contribution in [0.5, 0.6) is 5.75 Å². The highest BCUT2D eigenvalue weighted by Gasteiger charge is 2.34. The topological polar surface area (TPSA) is 72.7 Å². The van der Waals surface area contributed by atoms with Crippen molar-refractivity contribution in [1.29, 1.82) is 0 Å². The zero-order valence-corrected chi connectivity index (χ0v) is 14.2. The van der Waals surface area contributed by atoms with Crippen molar-refractivity contribution in [3.63, 3.8) is 0 Å². The summed E-state index contributed by atoms with van der Waals surface area (Å²) in [6.45, 7) is 0. The minimum atomic E-state index is -0.447. The van der Waals surface area contributed by atoms with Crippen LogP contribution in [-0.4, -0.2) is 23.7 Å². The second kappa shape index (κ2) is 6.70. The summed E-state index contributed by atoms with van der Waals surface area (Å²) in [5.41, 5.74) is 1.51. The van der Waals surface area contributed by atoms with Crippen molar-refractivity contribution >= 4 is 40.6 Å². The number of thioether (sulfide) groups is 1. The standard InChI is InChI=1S/C16H13ClN2O4S/c1-23-14-7-6-12(8-13(14)17)18-15(20)9-24-16(18)10-2-4-11(5-3-10)19(21)22/h2-8,16H,9H2,1H3. The fourth-order valence-electron chi connectivity index (χ4n) is 2.52. The predicted octanol–water partition coefficient (Wildman–Crippen LogP) is 4.04. The van der Waals surface area contributed by atoms with Gasteiger partial charge in [-0.25, -0.2) is 0 Å². The number of nitro benzene ring substituents is 1. The summed E-state index contributed by atoms with van der Waals surface area (Å²) >= 11 is 7.63. The van der Waals surface area contributed by atoms with Gasteiger partial charge in [0.05, 0.1) is 22.8 Å². The largest absolute Gasteiger partial charge is 0.495 e. The van der Waals surface area contributed by atoms with Gasteiger partial charge in [-0.05, 0) is 35.9 Å². The Labute approximate surface area is 147 Å². The van der Waals surface area contributed by atoms with E-state index in [-0.39, 0.29) is 17.0 Å².